The Hall–Kier alpha value is -3.26. The second-order valence-electron chi connectivity index (χ2n) is 3.78. The quantitative estimate of drug-likeness (QED) is 0.799. The predicted octanol–water partition coefficient (Wildman–Crippen LogP) is 1.20. The van der Waals surface area contributed by atoms with Crippen molar-refractivity contribution >= 4 is 17.4 Å². The SMILES string of the molecule is N#CC(C#N)N=Nc1ccc(C2=NNC(=O)NC2)cc1. The number of nitriles is 2. The number of hydrazone groups is 1. The predicted molar refractivity (Wildman–Crippen MR) is 69.0 cm³/mol. The molecule has 0 saturated heterocycles. The summed E-state index contributed by atoms with van der Waals surface area (Å²) in [5, 5.41) is 31.0. The fraction of sp³-hybridized carbons (Fsp3) is 0.167. The van der Waals surface area contributed by atoms with Crippen LogP contribution in [-0.4, -0.2) is 24.3 Å². The molecule has 0 spiro atoms. The zero-order valence-electron chi connectivity index (χ0n) is 10.2. The van der Waals surface area contributed by atoms with E-state index in [1.165, 1.54) is 0 Å². The molecule has 1 aromatic carbocycles. The molecule has 2 amide bonds. The van der Waals surface area contributed by atoms with E-state index >= 15 is 0 Å². The Morgan fingerprint density at radius 3 is 2.50 bits per heavy atom. The van der Waals surface area contributed by atoms with E-state index in [1.807, 2.05) is 0 Å². The Bertz CT molecular complexity index is 634. The second kappa shape index (κ2) is 6.07. The van der Waals surface area contributed by atoms with Crippen LogP contribution in [0.5, 0.6) is 0 Å². The van der Waals surface area contributed by atoms with Crippen LogP contribution in [0, 0.1) is 22.7 Å². The summed E-state index contributed by atoms with van der Waals surface area (Å²) in [6.45, 7) is 0.345. The number of azo groups is 1. The lowest BCUT2D eigenvalue weighted by atomic mass is 10.1. The number of nitrogens with one attached hydrogen (secondary N) is 2. The van der Waals surface area contributed by atoms with E-state index in [0.717, 1.165) is 5.56 Å². The molecule has 0 radical (unpaired) electrons. The van der Waals surface area contributed by atoms with Gasteiger partial charge in [-0.15, -0.1) is 0 Å². The number of carbonyl (C=O) groups is 1. The molecule has 0 aromatic heterocycles. The maximum absolute atomic E-state index is 10.9. The maximum atomic E-state index is 10.9. The molecule has 98 valence electrons. The zero-order valence-corrected chi connectivity index (χ0v) is 10.2. The van der Waals surface area contributed by atoms with Gasteiger partial charge in [-0.2, -0.15) is 25.9 Å². The molecule has 8 heteroatoms. The van der Waals surface area contributed by atoms with Gasteiger partial charge in [0.1, 0.15) is 12.1 Å². The van der Waals surface area contributed by atoms with Crippen LogP contribution >= 0.6 is 0 Å². The number of rotatable bonds is 3. The van der Waals surface area contributed by atoms with Crippen molar-refractivity contribution in [2.45, 2.75) is 6.04 Å². The van der Waals surface area contributed by atoms with Gasteiger partial charge in [0.25, 0.3) is 0 Å². The van der Waals surface area contributed by atoms with E-state index in [2.05, 4.69) is 26.1 Å². The summed E-state index contributed by atoms with van der Waals surface area (Å²) < 4.78 is 0. The van der Waals surface area contributed by atoms with Gasteiger partial charge in [-0.05, 0) is 17.7 Å². The van der Waals surface area contributed by atoms with Crippen LogP contribution in [0.4, 0.5) is 10.5 Å². The molecule has 0 atom stereocenters. The Morgan fingerprint density at radius 1 is 1.25 bits per heavy atom. The van der Waals surface area contributed by atoms with Gasteiger partial charge in [0.2, 0.25) is 6.04 Å². The van der Waals surface area contributed by atoms with Crippen LogP contribution in [-0.2, 0) is 0 Å². The normalized spacial score (nSPS) is 14.2. The highest BCUT2D eigenvalue weighted by atomic mass is 16.2. The van der Waals surface area contributed by atoms with Gasteiger partial charge in [-0.1, -0.05) is 12.1 Å². The van der Waals surface area contributed by atoms with Crippen LogP contribution in [0.25, 0.3) is 0 Å². The van der Waals surface area contributed by atoms with Crippen molar-refractivity contribution in [1.82, 2.24) is 10.7 Å². The molecule has 1 heterocycles. The zero-order chi connectivity index (χ0) is 14.4. The number of nitrogens with zero attached hydrogens (tertiary/aromatic N) is 5. The first-order valence-electron chi connectivity index (χ1n) is 5.64. The maximum Gasteiger partial charge on any atom is 0.335 e. The van der Waals surface area contributed by atoms with Crippen LogP contribution in [0.3, 0.4) is 0 Å². The van der Waals surface area contributed by atoms with Gasteiger partial charge < -0.3 is 5.32 Å². The van der Waals surface area contributed by atoms with Gasteiger partial charge in [0.05, 0.1) is 17.9 Å². The van der Waals surface area contributed by atoms with Crippen LogP contribution < -0.4 is 10.7 Å². The van der Waals surface area contributed by atoms with E-state index < -0.39 is 6.04 Å². The van der Waals surface area contributed by atoms with Crippen LogP contribution in [0.1, 0.15) is 5.56 Å². The molecule has 1 aliphatic rings. The van der Waals surface area contributed by atoms with Gasteiger partial charge in [0.15, 0.2) is 0 Å². The highest BCUT2D eigenvalue weighted by Crippen LogP contribution is 2.15. The average molecular weight is 267 g/mol. The number of benzene rings is 1. The molecular weight excluding hydrogens is 258 g/mol. The van der Waals surface area contributed by atoms with Crippen molar-refractivity contribution < 1.29 is 4.79 Å². The molecule has 0 saturated carbocycles. The topological polar surface area (TPSA) is 126 Å². The minimum Gasteiger partial charge on any atom is -0.331 e. The number of carbonyl (C=O) groups excluding carboxylic acids is 1. The lowest BCUT2D eigenvalue weighted by Gasteiger charge is -2.13. The molecular formula is C12H9N7O. The third kappa shape index (κ3) is 3.15. The summed E-state index contributed by atoms with van der Waals surface area (Å²) in [5.74, 6) is 0. The van der Waals surface area contributed by atoms with E-state index in [1.54, 1.807) is 36.4 Å². The summed E-state index contributed by atoms with van der Waals surface area (Å²) in [4.78, 5) is 10.9. The molecule has 1 aliphatic heterocycles. The lowest BCUT2D eigenvalue weighted by molar-refractivity contribution is 0.241. The first-order valence-corrected chi connectivity index (χ1v) is 5.64. The highest BCUT2D eigenvalue weighted by molar-refractivity contribution is 6.05. The molecule has 0 fully saturated rings. The highest BCUT2D eigenvalue weighted by Gasteiger charge is 2.11. The summed E-state index contributed by atoms with van der Waals surface area (Å²) >= 11 is 0. The number of hydrogen-bond acceptors (Lipinski definition) is 6. The molecule has 2 N–H and O–H groups in total. The number of urea groups is 1. The van der Waals surface area contributed by atoms with Crippen molar-refractivity contribution in [3.8, 4) is 12.1 Å². The van der Waals surface area contributed by atoms with Crippen molar-refractivity contribution in [3.05, 3.63) is 29.8 Å². The third-order valence-corrected chi connectivity index (χ3v) is 2.44. The third-order valence-electron chi connectivity index (χ3n) is 2.44. The average Bonchev–Trinajstić information content (AvgIpc) is 2.50. The van der Waals surface area contributed by atoms with E-state index in [0.29, 0.717) is 17.9 Å². The van der Waals surface area contributed by atoms with Crippen molar-refractivity contribution in [1.29, 1.82) is 10.5 Å². The van der Waals surface area contributed by atoms with Gasteiger partial charge in [-0.25, -0.2) is 10.2 Å². The molecule has 2 rings (SSSR count). The Kier molecular flexibility index (Phi) is 4.00. The minimum atomic E-state index is -1.10. The van der Waals surface area contributed by atoms with Gasteiger partial charge in [0, 0.05) is 0 Å². The van der Waals surface area contributed by atoms with E-state index in [4.69, 9.17) is 10.5 Å². The largest absolute Gasteiger partial charge is 0.335 e. The van der Waals surface area contributed by atoms with Crippen molar-refractivity contribution in [2.75, 3.05) is 6.54 Å². The Balaban J connectivity index is 2.10. The standard InChI is InChI=1S/C12H9N7O/c13-5-10(6-14)17-16-9-3-1-8(2-4-9)11-7-15-12(20)19-18-11/h1-4,10H,7H2,(H2,15,19,20). The Labute approximate surface area is 114 Å². The van der Waals surface area contributed by atoms with Gasteiger partial charge in [-0.3, -0.25) is 0 Å². The van der Waals surface area contributed by atoms with Crippen molar-refractivity contribution in [2.24, 2.45) is 15.3 Å². The first-order chi connectivity index (χ1) is 9.72. The molecule has 0 aliphatic carbocycles. The second-order valence-corrected chi connectivity index (χ2v) is 3.78. The summed E-state index contributed by atoms with van der Waals surface area (Å²) in [7, 11) is 0. The molecule has 1 aromatic rings. The van der Waals surface area contributed by atoms with Gasteiger partial charge >= 0.3 is 6.03 Å². The monoisotopic (exact) mass is 267 g/mol. The number of hydrogen-bond donors (Lipinski definition) is 2. The molecule has 8 nitrogen and oxygen atoms in total. The summed E-state index contributed by atoms with van der Waals surface area (Å²) in [6, 6.07) is 8.86. The molecule has 0 bridgehead atoms. The smallest absolute Gasteiger partial charge is 0.331 e. The minimum absolute atomic E-state index is 0.335. The molecule has 20 heavy (non-hydrogen) atoms. The van der Waals surface area contributed by atoms with Crippen LogP contribution in [0.2, 0.25) is 0 Å². The first kappa shape index (κ1) is 13.2. The Morgan fingerprint density at radius 2 is 1.95 bits per heavy atom. The number of amides is 2. The lowest BCUT2D eigenvalue weighted by Crippen LogP contribution is -2.42. The van der Waals surface area contributed by atoms with Crippen molar-refractivity contribution in [3.63, 3.8) is 0 Å². The summed E-state index contributed by atoms with van der Waals surface area (Å²) in [6.07, 6.45) is 0. The fourth-order valence-electron chi connectivity index (χ4n) is 1.45. The van der Waals surface area contributed by atoms with E-state index in [9.17, 15) is 4.79 Å². The van der Waals surface area contributed by atoms with Crippen LogP contribution in [0.15, 0.2) is 39.6 Å². The molecule has 0 unspecified atom stereocenters. The summed E-state index contributed by atoms with van der Waals surface area (Å²) in [5.41, 5.74) is 4.37. The van der Waals surface area contributed by atoms with E-state index in [-0.39, 0.29) is 6.03 Å². The fourth-order valence-corrected chi connectivity index (χ4v) is 1.45.